The second kappa shape index (κ2) is 6.91. The maximum atomic E-state index is 4.62. The minimum Gasteiger partial charge on any atom is -0.312 e. The fraction of sp³-hybridized carbons (Fsp3) is 0.353. The number of nitrogens with one attached hydrogen (secondary N) is 1. The zero-order valence-corrected chi connectivity index (χ0v) is 13.4. The second-order valence-electron chi connectivity index (χ2n) is 5.12. The summed E-state index contributed by atoms with van der Waals surface area (Å²) in [5.74, 6) is 0. The van der Waals surface area contributed by atoms with E-state index in [-0.39, 0.29) is 0 Å². The molecule has 2 rings (SSSR count). The van der Waals surface area contributed by atoms with Gasteiger partial charge in [-0.2, -0.15) is 0 Å². The van der Waals surface area contributed by atoms with Crippen LogP contribution in [-0.4, -0.2) is 17.3 Å². The Morgan fingerprint density at radius 3 is 2.40 bits per heavy atom. The Kier molecular flexibility index (Phi) is 5.21. The van der Waals surface area contributed by atoms with Gasteiger partial charge in [-0.3, -0.25) is 0 Å². The first kappa shape index (κ1) is 15.1. The maximum absolute atomic E-state index is 4.62. The first-order valence-electron chi connectivity index (χ1n) is 6.94. The van der Waals surface area contributed by atoms with Gasteiger partial charge in [0.1, 0.15) is 0 Å². The average molecular weight is 286 g/mol. The summed E-state index contributed by atoms with van der Waals surface area (Å²) in [6, 6.07) is 15.2. The first-order valence-corrected chi connectivity index (χ1v) is 7.82. The fourth-order valence-corrected chi connectivity index (χ4v) is 3.72. The van der Waals surface area contributed by atoms with Gasteiger partial charge < -0.3 is 5.32 Å². The Bertz CT molecular complexity index is 534. The molecule has 2 unspecified atom stereocenters. The van der Waals surface area contributed by atoms with E-state index in [1.165, 1.54) is 11.1 Å². The molecule has 3 heteroatoms. The number of hydrogen-bond donors (Lipinski definition) is 1. The molecule has 0 radical (unpaired) electrons. The van der Waals surface area contributed by atoms with Crippen molar-refractivity contribution in [2.45, 2.75) is 37.1 Å². The Labute approximate surface area is 126 Å². The van der Waals surface area contributed by atoms with Crippen molar-refractivity contribution in [3.63, 3.8) is 0 Å². The summed E-state index contributed by atoms with van der Waals surface area (Å²) in [6.07, 6.45) is 0. The fourth-order valence-electron chi connectivity index (χ4n) is 2.46. The Hall–Kier alpha value is -1.32. The van der Waals surface area contributed by atoms with Crippen LogP contribution in [0.2, 0.25) is 0 Å². The number of aromatic nitrogens is 1. The number of thioether (sulfide) groups is 1. The molecule has 106 valence electrons. The summed E-state index contributed by atoms with van der Waals surface area (Å²) < 4.78 is 0. The summed E-state index contributed by atoms with van der Waals surface area (Å²) in [7, 11) is 2.02. The van der Waals surface area contributed by atoms with Crippen LogP contribution in [0.25, 0.3) is 0 Å². The largest absolute Gasteiger partial charge is 0.312 e. The lowest BCUT2D eigenvalue weighted by Gasteiger charge is -2.23. The summed E-state index contributed by atoms with van der Waals surface area (Å²) in [5.41, 5.74) is 3.67. The number of nitrogens with zero attached hydrogens (tertiary/aromatic N) is 1. The van der Waals surface area contributed by atoms with Crippen LogP contribution < -0.4 is 5.32 Å². The number of pyridine rings is 1. The zero-order chi connectivity index (χ0) is 14.5. The highest BCUT2D eigenvalue weighted by Crippen LogP contribution is 2.31. The molecule has 0 bridgehead atoms. The lowest BCUT2D eigenvalue weighted by molar-refractivity contribution is 0.589. The molecule has 1 aromatic heterocycles. The van der Waals surface area contributed by atoms with E-state index in [2.05, 4.69) is 73.5 Å². The van der Waals surface area contributed by atoms with Crippen molar-refractivity contribution in [1.29, 1.82) is 0 Å². The molecular weight excluding hydrogens is 264 g/mol. The van der Waals surface area contributed by atoms with Crippen LogP contribution in [0.1, 0.15) is 29.8 Å². The van der Waals surface area contributed by atoms with Crippen molar-refractivity contribution < 1.29 is 0 Å². The van der Waals surface area contributed by atoms with Gasteiger partial charge in [0.05, 0.1) is 5.03 Å². The summed E-state index contributed by atoms with van der Waals surface area (Å²) in [4.78, 5) is 4.62. The third-order valence-corrected chi connectivity index (χ3v) is 4.41. The second-order valence-corrected chi connectivity index (χ2v) is 6.52. The van der Waals surface area contributed by atoms with Crippen molar-refractivity contribution in [3.8, 4) is 0 Å². The van der Waals surface area contributed by atoms with Gasteiger partial charge in [-0.15, -0.1) is 11.8 Å². The van der Waals surface area contributed by atoms with Crippen molar-refractivity contribution in [2.75, 3.05) is 7.05 Å². The molecule has 0 fully saturated rings. The van der Waals surface area contributed by atoms with Crippen LogP contribution in [0, 0.1) is 13.8 Å². The van der Waals surface area contributed by atoms with Gasteiger partial charge in [-0.05, 0) is 44.2 Å². The topological polar surface area (TPSA) is 24.9 Å². The Balaban J connectivity index is 2.15. The molecule has 2 nitrogen and oxygen atoms in total. The van der Waals surface area contributed by atoms with Crippen LogP contribution >= 0.6 is 11.8 Å². The highest BCUT2D eigenvalue weighted by molar-refractivity contribution is 7.99. The van der Waals surface area contributed by atoms with Gasteiger partial charge in [0.2, 0.25) is 0 Å². The Morgan fingerprint density at radius 1 is 1.10 bits per heavy atom. The van der Waals surface area contributed by atoms with Gasteiger partial charge in [-0.25, -0.2) is 4.98 Å². The molecule has 0 aliphatic rings. The smallest absolute Gasteiger partial charge is 0.0968 e. The van der Waals surface area contributed by atoms with E-state index in [1.54, 1.807) is 0 Å². The van der Waals surface area contributed by atoms with Crippen LogP contribution in [-0.2, 0) is 0 Å². The van der Waals surface area contributed by atoms with Crippen molar-refractivity contribution in [2.24, 2.45) is 0 Å². The molecule has 0 amide bonds. The number of hydrogen-bond acceptors (Lipinski definition) is 3. The minimum absolute atomic E-state index is 0.323. The van der Waals surface area contributed by atoms with Crippen LogP contribution in [0.4, 0.5) is 0 Å². The van der Waals surface area contributed by atoms with Gasteiger partial charge in [-0.1, -0.05) is 37.3 Å². The molecule has 1 heterocycles. The Morgan fingerprint density at radius 2 is 1.80 bits per heavy atom. The molecule has 0 aliphatic carbocycles. The van der Waals surface area contributed by atoms with E-state index in [1.807, 2.05) is 18.8 Å². The number of rotatable bonds is 5. The third kappa shape index (κ3) is 3.84. The molecule has 1 N–H and O–H groups in total. The zero-order valence-electron chi connectivity index (χ0n) is 12.6. The van der Waals surface area contributed by atoms with Crippen molar-refractivity contribution in [3.05, 3.63) is 59.3 Å². The van der Waals surface area contributed by atoms with E-state index in [0.717, 1.165) is 10.7 Å². The summed E-state index contributed by atoms with van der Waals surface area (Å²) in [5, 5.41) is 4.93. The maximum Gasteiger partial charge on any atom is 0.0968 e. The monoisotopic (exact) mass is 286 g/mol. The molecule has 2 aromatic rings. The van der Waals surface area contributed by atoms with Gasteiger partial charge in [0.15, 0.2) is 0 Å². The van der Waals surface area contributed by atoms with Crippen LogP contribution in [0.5, 0.6) is 0 Å². The quantitative estimate of drug-likeness (QED) is 0.836. The van der Waals surface area contributed by atoms with Crippen molar-refractivity contribution >= 4 is 11.8 Å². The molecule has 0 aliphatic heterocycles. The van der Waals surface area contributed by atoms with Crippen LogP contribution in [0.15, 0.2) is 47.5 Å². The number of benzene rings is 1. The van der Waals surface area contributed by atoms with E-state index in [4.69, 9.17) is 0 Å². The molecule has 2 atom stereocenters. The molecule has 0 saturated heterocycles. The molecule has 1 aromatic carbocycles. The molecule has 0 saturated carbocycles. The average Bonchev–Trinajstić information content (AvgIpc) is 2.39. The van der Waals surface area contributed by atoms with Gasteiger partial charge in [0, 0.05) is 17.0 Å². The molecule has 0 spiro atoms. The first-order chi connectivity index (χ1) is 9.60. The SMILES string of the molecule is CNC(c1ccccc1)C(C)Sc1cc(C)cc(C)n1. The lowest BCUT2D eigenvalue weighted by Crippen LogP contribution is -2.25. The summed E-state index contributed by atoms with van der Waals surface area (Å²) >= 11 is 1.83. The minimum atomic E-state index is 0.323. The van der Waals surface area contributed by atoms with E-state index in [9.17, 15) is 0 Å². The summed E-state index contributed by atoms with van der Waals surface area (Å²) in [6.45, 7) is 6.42. The number of aryl methyl sites for hydroxylation is 2. The van der Waals surface area contributed by atoms with Gasteiger partial charge >= 0.3 is 0 Å². The van der Waals surface area contributed by atoms with Crippen molar-refractivity contribution in [1.82, 2.24) is 10.3 Å². The van der Waals surface area contributed by atoms with Gasteiger partial charge in [0.25, 0.3) is 0 Å². The predicted octanol–water partition coefficient (Wildman–Crippen LogP) is 4.14. The van der Waals surface area contributed by atoms with Crippen LogP contribution in [0.3, 0.4) is 0 Å². The standard InChI is InChI=1S/C17H22N2S/c1-12-10-13(2)19-16(11-12)20-14(3)17(18-4)15-8-6-5-7-9-15/h5-11,14,17-18H,1-4H3. The highest BCUT2D eigenvalue weighted by atomic mass is 32.2. The molecular formula is C17H22N2S. The normalized spacial score (nSPS) is 14.0. The molecule has 20 heavy (non-hydrogen) atoms. The lowest BCUT2D eigenvalue weighted by atomic mass is 10.0. The predicted molar refractivity (Wildman–Crippen MR) is 87.3 cm³/mol. The van der Waals surface area contributed by atoms with E-state index >= 15 is 0 Å². The third-order valence-electron chi connectivity index (χ3n) is 3.32. The van der Waals surface area contributed by atoms with E-state index in [0.29, 0.717) is 11.3 Å². The van der Waals surface area contributed by atoms with E-state index < -0.39 is 0 Å². The highest BCUT2D eigenvalue weighted by Gasteiger charge is 2.19.